The highest BCUT2D eigenvalue weighted by molar-refractivity contribution is 5.87. The van der Waals surface area contributed by atoms with Crippen LogP contribution in [0.4, 0.5) is 0 Å². The molecule has 4 saturated carbocycles. The Labute approximate surface area is 134 Å². The van der Waals surface area contributed by atoms with Gasteiger partial charge in [-0.25, -0.2) is 4.79 Å². The van der Waals surface area contributed by atoms with E-state index in [0.717, 1.165) is 6.42 Å². The van der Waals surface area contributed by atoms with Crippen LogP contribution in [0.2, 0.25) is 0 Å². The third kappa shape index (κ3) is 2.35. The van der Waals surface area contributed by atoms with Gasteiger partial charge in [-0.2, -0.15) is 0 Å². The summed E-state index contributed by atoms with van der Waals surface area (Å²) in [4.78, 5) is 35.5. The van der Waals surface area contributed by atoms with Crippen molar-refractivity contribution in [3.05, 3.63) is 12.2 Å². The van der Waals surface area contributed by atoms with Gasteiger partial charge in [0.2, 0.25) is 0 Å². The van der Waals surface area contributed by atoms with Crippen LogP contribution in [-0.2, 0) is 19.1 Å². The van der Waals surface area contributed by atoms with Gasteiger partial charge in [-0.05, 0) is 51.4 Å². The minimum Gasteiger partial charge on any atom is -0.481 e. The van der Waals surface area contributed by atoms with Gasteiger partial charge in [0.15, 0.2) is 0 Å². The van der Waals surface area contributed by atoms with E-state index in [1.807, 2.05) is 0 Å². The molecular formula is C17H22O6. The summed E-state index contributed by atoms with van der Waals surface area (Å²) >= 11 is 0. The summed E-state index contributed by atoms with van der Waals surface area (Å²) in [5.74, 6) is -2.26. The van der Waals surface area contributed by atoms with Crippen molar-refractivity contribution in [1.29, 1.82) is 0 Å². The van der Waals surface area contributed by atoms with Gasteiger partial charge in [0, 0.05) is 11.0 Å². The van der Waals surface area contributed by atoms with Crippen molar-refractivity contribution in [2.24, 2.45) is 22.2 Å². The monoisotopic (exact) mass is 322 g/mol. The van der Waals surface area contributed by atoms with Gasteiger partial charge >= 0.3 is 17.9 Å². The molecule has 23 heavy (non-hydrogen) atoms. The van der Waals surface area contributed by atoms with Crippen LogP contribution in [0.5, 0.6) is 0 Å². The molecule has 2 unspecified atom stereocenters. The molecule has 4 aliphatic rings. The molecule has 0 aliphatic heterocycles. The predicted molar refractivity (Wildman–Crippen MR) is 79.5 cm³/mol. The van der Waals surface area contributed by atoms with Crippen LogP contribution in [0.25, 0.3) is 0 Å². The van der Waals surface area contributed by atoms with Crippen molar-refractivity contribution < 1.29 is 29.3 Å². The Morgan fingerprint density at radius 2 is 1.57 bits per heavy atom. The molecule has 6 heteroatoms. The summed E-state index contributed by atoms with van der Waals surface area (Å²) in [5, 5.41) is 19.5. The molecule has 0 heterocycles. The lowest BCUT2D eigenvalue weighted by atomic mass is 9.39. The van der Waals surface area contributed by atoms with Gasteiger partial charge < -0.3 is 14.9 Å². The maximum Gasteiger partial charge on any atom is 0.333 e. The molecular weight excluding hydrogens is 300 g/mol. The first kappa shape index (κ1) is 16.0. The van der Waals surface area contributed by atoms with Crippen LogP contribution in [0.1, 0.15) is 45.4 Å². The second-order valence-electron chi connectivity index (χ2n) is 8.04. The first-order chi connectivity index (χ1) is 10.6. The minimum absolute atomic E-state index is 0.0713. The van der Waals surface area contributed by atoms with Crippen molar-refractivity contribution in [1.82, 2.24) is 0 Å². The zero-order chi connectivity index (χ0) is 17.0. The maximum absolute atomic E-state index is 11.9. The van der Waals surface area contributed by atoms with Gasteiger partial charge in [-0.15, -0.1) is 0 Å². The Balaban J connectivity index is 1.92. The molecule has 0 aromatic carbocycles. The normalized spacial score (nSPS) is 40.7. The van der Waals surface area contributed by atoms with Gasteiger partial charge in [0.1, 0.15) is 0 Å². The molecule has 0 radical (unpaired) electrons. The van der Waals surface area contributed by atoms with E-state index >= 15 is 0 Å². The van der Waals surface area contributed by atoms with E-state index in [0.29, 0.717) is 25.7 Å². The molecule has 0 aromatic rings. The fraction of sp³-hybridized carbons (Fsp3) is 0.706. The van der Waals surface area contributed by atoms with Crippen LogP contribution in [0, 0.1) is 22.2 Å². The summed E-state index contributed by atoms with van der Waals surface area (Å²) in [7, 11) is 0. The number of ether oxygens (including phenoxy) is 1. The number of aliphatic carboxylic acids is 2. The van der Waals surface area contributed by atoms with Crippen LogP contribution < -0.4 is 0 Å². The number of carboxylic acid groups (broad SMARTS) is 2. The summed E-state index contributed by atoms with van der Waals surface area (Å²) < 4.78 is 5.31. The smallest absolute Gasteiger partial charge is 0.333 e. The number of carbonyl (C=O) groups excluding carboxylic acids is 1. The standard InChI is InChI=1S/C17H22O6/c1-10(2)12(18)23-9-15-3-11-4-16(6-15,13(19)20)8-17(5-11,7-15)14(21)22/h11H,1,3-9H2,2H3,(H,19,20)(H,21,22). The minimum atomic E-state index is -0.993. The van der Waals surface area contributed by atoms with E-state index in [1.165, 1.54) is 0 Å². The topological polar surface area (TPSA) is 101 Å². The largest absolute Gasteiger partial charge is 0.481 e. The van der Waals surface area contributed by atoms with Crippen LogP contribution in [0.15, 0.2) is 12.2 Å². The highest BCUT2D eigenvalue weighted by Gasteiger charge is 2.68. The molecule has 6 nitrogen and oxygen atoms in total. The van der Waals surface area contributed by atoms with Crippen LogP contribution in [0.3, 0.4) is 0 Å². The molecule has 2 atom stereocenters. The lowest BCUT2D eigenvalue weighted by molar-refractivity contribution is -0.209. The van der Waals surface area contributed by atoms with Crippen molar-refractivity contribution in [3.8, 4) is 0 Å². The van der Waals surface area contributed by atoms with Gasteiger partial charge in [-0.3, -0.25) is 9.59 Å². The molecule has 126 valence electrons. The second-order valence-corrected chi connectivity index (χ2v) is 8.04. The summed E-state index contributed by atoms with van der Waals surface area (Å²) in [6.45, 7) is 5.18. The quantitative estimate of drug-likeness (QED) is 0.594. The van der Waals surface area contributed by atoms with Crippen molar-refractivity contribution in [3.63, 3.8) is 0 Å². The Hall–Kier alpha value is -1.85. The Kier molecular flexibility index (Phi) is 3.36. The SMILES string of the molecule is C=C(C)C(=O)OCC12CC3CC(C(=O)O)(C1)CC(C(=O)O)(C3)C2. The maximum atomic E-state index is 11.9. The van der Waals surface area contributed by atoms with E-state index in [4.69, 9.17) is 4.74 Å². The summed E-state index contributed by atoms with van der Waals surface area (Å²) in [5.41, 5.74) is -2.24. The molecule has 4 fully saturated rings. The molecule has 0 spiro atoms. The van der Waals surface area contributed by atoms with E-state index in [1.54, 1.807) is 6.92 Å². The average Bonchev–Trinajstić information content (AvgIpc) is 2.43. The lowest BCUT2D eigenvalue weighted by Crippen LogP contribution is -2.62. The van der Waals surface area contributed by atoms with E-state index < -0.39 is 34.2 Å². The summed E-state index contributed by atoms with van der Waals surface area (Å²) in [6.07, 6.45) is 2.79. The number of hydrogen-bond acceptors (Lipinski definition) is 4. The number of rotatable bonds is 5. The number of carboxylic acids is 2. The van der Waals surface area contributed by atoms with Crippen LogP contribution >= 0.6 is 0 Å². The lowest BCUT2D eigenvalue weighted by Gasteiger charge is -2.63. The Morgan fingerprint density at radius 3 is 2.00 bits per heavy atom. The fourth-order valence-electron chi connectivity index (χ4n) is 5.62. The van der Waals surface area contributed by atoms with E-state index in [-0.39, 0.29) is 24.5 Å². The number of carbonyl (C=O) groups is 3. The van der Waals surface area contributed by atoms with Crippen molar-refractivity contribution >= 4 is 17.9 Å². The predicted octanol–water partition coefficient (Wildman–Crippen LogP) is 2.23. The molecule has 2 N–H and O–H groups in total. The molecule has 0 aromatic heterocycles. The Morgan fingerprint density at radius 1 is 1.04 bits per heavy atom. The van der Waals surface area contributed by atoms with Gasteiger partial charge in [0.05, 0.1) is 17.4 Å². The zero-order valence-electron chi connectivity index (χ0n) is 13.3. The number of hydrogen-bond donors (Lipinski definition) is 2. The average molecular weight is 322 g/mol. The van der Waals surface area contributed by atoms with Crippen molar-refractivity contribution in [2.45, 2.75) is 45.4 Å². The van der Waals surface area contributed by atoms with E-state index in [9.17, 15) is 24.6 Å². The number of esters is 1. The highest BCUT2D eigenvalue weighted by Crippen LogP contribution is 2.70. The summed E-state index contributed by atoms with van der Waals surface area (Å²) in [6, 6.07) is 0. The van der Waals surface area contributed by atoms with Crippen molar-refractivity contribution in [2.75, 3.05) is 6.61 Å². The van der Waals surface area contributed by atoms with E-state index in [2.05, 4.69) is 6.58 Å². The molecule has 0 saturated heterocycles. The molecule has 0 amide bonds. The fourth-order valence-corrected chi connectivity index (χ4v) is 5.62. The first-order valence-corrected chi connectivity index (χ1v) is 7.92. The molecule has 4 aliphatic carbocycles. The van der Waals surface area contributed by atoms with Crippen LogP contribution in [-0.4, -0.2) is 34.7 Å². The highest BCUT2D eigenvalue weighted by atomic mass is 16.5. The zero-order valence-corrected chi connectivity index (χ0v) is 13.3. The molecule has 4 rings (SSSR count). The van der Waals surface area contributed by atoms with Gasteiger partial charge in [-0.1, -0.05) is 6.58 Å². The van der Waals surface area contributed by atoms with Gasteiger partial charge in [0.25, 0.3) is 0 Å². The Bertz CT molecular complexity index is 576. The second kappa shape index (κ2) is 4.82. The third-order valence-electron chi connectivity index (χ3n) is 5.95. The third-order valence-corrected chi connectivity index (χ3v) is 5.95. The first-order valence-electron chi connectivity index (χ1n) is 7.92. The molecule has 4 bridgehead atoms.